The van der Waals surface area contributed by atoms with Gasteiger partial charge in [-0.15, -0.1) is 11.3 Å². The first-order valence-electron chi connectivity index (χ1n) is 8.43. The summed E-state index contributed by atoms with van der Waals surface area (Å²) in [4.78, 5) is 4.92. The van der Waals surface area contributed by atoms with Crippen molar-refractivity contribution in [1.82, 2.24) is 9.55 Å². The summed E-state index contributed by atoms with van der Waals surface area (Å²) >= 11 is 7.47. The van der Waals surface area contributed by atoms with E-state index >= 15 is 0 Å². The number of aryl methyl sites for hydroxylation is 1. The van der Waals surface area contributed by atoms with Crippen LogP contribution in [0.1, 0.15) is 17.2 Å². The summed E-state index contributed by atoms with van der Waals surface area (Å²) < 4.78 is 30.2. The van der Waals surface area contributed by atoms with Crippen LogP contribution >= 0.6 is 22.9 Å². The van der Waals surface area contributed by atoms with Crippen molar-refractivity contribution in [1.29, 1.82) is 0 Å². The van der Waals surface area contributed by atoms with Crippen molar-refractivity contribution in [2.24, 2.45) is 7.05 Å². The average Bonchev–Trinajstić information content (AvgIpc) is 3.24. The van der Waals surface area contributed by atoms with Crippen molar-refractivity contribution >= 4 is 22.9 Å². The van der Waals surface area contributed by atoms with E-state index in [9.17, 15) is 13.9 Å². The zero-order chi connectivity index (χ0) is 19.8. The second-order valence-electron chi connectivity index (χ2n) is 6.37. The summed E-state index contributed by atoms with van der Waals surface area (Å²) in [6, 6.07) is 10.4. The zero-order valence-electron chi connectivity index (χ0n) is 14.7. The van der Waals surface area contributed by atoms with Gasteiger partial charge in [0.15, 0.2) is 0 Å². The van der Waals surface area contributed by atoms with Crippen LogP contribution in [0, 0.1) is 11.6 Å². The van der Waals surface area contributed by atoms with E-state index in [2.05, 4.69) is 4.98 Å². The molecule has 0 fully saturated rings. The van der Waals surface area contributed by atoms with E-state index < -0.39 is 17.7 Å². The maximum absolute atomic E-state index is 13.9. The van der Waals surface area contributed by atoms with Gasteiger partial charge < -0.3 is 9.67 Å². The number of aliphatic hydroxyl groups is 1. The third-order valence-electron chi connectivity index (χ3n) is 4.47. The van der Waals surface area contributed by atoms with Gasteiger partial charge in [-0.1, -0.05) is 17.7 Å². The molecular weight excluding hydrogens is 402 g/mol. The first kappa shape index (κ1) is 18.8. The molecule has 7 heteroatoms. The third-order valence-corrected chi connectivity index (χ3v) is 5.73. The van der Waals surface area contributed by atoms with Crippen LogP contribution in [-0.4, -0.2) is 14.7 Å². The number of aliphatic hydroxyl groups excluding tert-OH is 1. The highest BCUT2D eigenvalue weighted by molar-refractivity contribution is 7.19. The van der Waals surface area contributed by atoms with Crippen LogP contribution in [0.4, 0.5) is 8.78 Å². The van der Waals surface area contributed by atoms with Crippen LogP contribution in [-0.2, 0) is 7.05 Å². The molecule has 1 unspecified atom stereocenters. The molecular formula is C21H15ClF2N2OS. The summed E-state index contributed by atoms with van der Waals surface area (Å²) in [5, 5.41) is 11.2. The lowest BCUT2D eigenvalue weighted by Gasteiger charge is -2.16. The fourth-order valence-electron chi connectivity index (χ4n) is 3.33. The predicted molar refractivity (Wildman–Crippen MR) is 107 cm³/mol. The molecule has 3 heterocycles. The van der Waals surface area contributed by atoms with E-state index in [1.165, 1.54) is 23.5 Å². The van der Waals surface area contributed by atoms with E-state index in [4.69, 9.17) is 11.6 Å². The number of nitrogens with zero attached hydrogens (tertiary/aromatic N) is 2. The summed E-state index contributed by atoms with van der Waals surface area (Å²) in [5.74, 6) is -1.36. The molecule has 1 aromatic carbocycles. The quantitative estimate of drug-likeness (QED) is 0.454. The van der Waals surface area contributed by atoms with Gasteiger partial charge in [0.05, 0.1) is 10.0 Å². The van der Waals surface area contributed by atoms with Crippen LogP contribution < -0.4 is 0 Å². The van der Waals surface area contributed by atoms with Gasteiger partial charge in [0, 0.05) is 58.8 Å². The molecule has 0 spiro atoms. The predicted octanol–water partition coefficient (Wildman–Crippen LogP) is 5.83. The molecule has 1 N–H and O–H groups in total. The number of hydrogen-bond acceptors (Lipinski definition) is 3. The topological polar surface area (TPSA) is 38.0 Å². The lowest BCUT2D eigenvalue weighted by atomic mass is 9.95. The molecule has 4 aromatic rings. The Kier molecular flexibility index (Phi) is 5.02. The molecule has 0 aliphatic rings. The minimum atomic E-state index is -1.04. The molecule has 28 heavy (non-hydrogen) atoms. The van der Waals surface area contributed by atoms with Gasteiger partial charge in [-0.3, -0.25) is 4.98 Å². The van der Waals surface area contributed by atoms with Gasteiger partial charge in [0.25, 0.3) is 0 Å². The Labute approximate surface area is 169 Å². The van der Waals surface area contributed by atoms with Crippen molar-refractivity contribution in [2.45, 2.75) is 6.10 Å². The third kappa shape index (κ3) is 3.46. The van der Waals surface area contributed by atoms with Crippen LogP contribution in [0.2, 0.25) is 4.34 Å². The summed E-state index contributed by atoms with van der Waals surface area (Å²) in [6.07, 6.45) is 3.98. The molecule has 3 nitrogen and oxygen atoms in total. The lowest BCUT2D eigenvalue weighted by Crippen LogP contribution is -2.04. The van der Waals surface area contributed by atoms with Gasteiger partial charge in [-0.2, -0.15) is 0 Å². The standard InChI is InChI=1S/C21H15ClF2N2OS/c1-26-11-16(17-4-5-18(22)28-17)19(21(27)12-3-2-6-25-10-12)20(26)13-7-14(23)9-15(24)8-13/h2-11,21,27H,1H3. The number of halogens is 3. The molecule has 0 saturated carbocycles. The van der Waals surface area contributed by atoms with Crippen LogP contribution in [0.3, 0.4) is 0 Å². The number of hydrogen-bond donors (Lipinski definition) is 1. The van der Waals surface area contributed by atoms with Crippen molar-refractivity contribution in [3.63, 3.8) is 0 Å². The normalized spacial score (nSPS) is 12.3. The van der Waals surface area contributed by atoms with Gasteiger partial charge in [0.1, 0.15) is 17.7 Å². The first-order valence-corrected chi connectivity index (χ1v) is 9.63. The Morgan fingerprint density at radius 3 is 2.50 bits per heavy atom. The van der Waals surface area contributed by atoms with E-state index in [0.717, 1.165) is 16.5 Å². The van der Waals surface area contributed by atoms with Crippen molar-refractivity contribution in [3.8, 4) is 21.7 Å². The number of aromatic nitrogens is 2. The second-order valence-corrected chi connectivity index (χ2v) is 8.08. The Hall–Kier alpha value is -2.54. The molecule has 0 aliphatic heterocycles. The lowest BCUT2D eigenvalue weighted by molar-refractivity contribution is 0.221. The molecule has 0 radical (unpaired) electrons. The van der Waals surface area contributed by atoms with Crippen molar-refractivity contribution in [2.75, 3.05) is 0 Å². The van der Waals surface area contributed by atoms with E-state index in [1.54, 1.807) is 42.2 Å². The van der Waals surface area contributed by atoms with Crippen LogP contribution in [0.25, 0.3) is 21.7 Å². The molecule has 0 aliphatic carbocycles. The average molecular weight is 417 g/mol. The SMILES string of the molecule is Cn1cc(-c2ccc(Cl)s2)c(C(O)c2cccnc2)c1-c1cc(F)cc(F)c1. The maximum Gasteiger partial charge on any atom is 0.126 e. The second kappa shape index (κ2) is 7.47. The molecule has 1 atom stereocenters. The Morgan fingerprint density at radius 1 is 1.14 bits per heavy atom. The Bertz CT molecular complexity index is 1120. The zero-order valence-corrected chi connectivity index (χ0v) is 16.3. The van der Waals surface area contributed by atoms with Gasteiger partial charge in [0.2, 0.25) is 0 Å². The number of benzene rings is 1. The Morgan fingerprint density at radius 2 is 1.89 bits per heavy atom. The van der Waals surface area contributed by atoms with E-state index in [1.807, 2.05) is 12.3 Å². The smallest absolute Gasteiger partial charge is 0.126 e. The molecule has 4 rings (SSSR count). The number of pyridine rings is 1. The summed E-state index contributed by atoms with van der Waals surface area (Å²) in [7, 11) is 1.77. The van der Waals surface area contributed by atoms with Crippen LogP contribution in [0.5, 0.6) is 0 Å². The summed E-state index contributed by atoms with van der Waals surface area (Å²) in [6.45, 7) is 0. The number of rotatable bonds is 4. The van der Waals surface area contributed by atoms with Crippen molar-refractivity contribution in [3.05, 3.63) is 88.2 Å². The maximum atomic E-state index is 13.9. The van der Waals surface area contributed by atoms with E-state index in [0.29, 0.717) is 26.7 Å². The van der Waals surface area contributed by atoms with Gasteiger partial charge >= 0.3 is 0 Å². The molecule has 0 amide bonds. The van der Waals surface area contributed by atoms with E-state index in [-0.39, 0.29) is 0 Å². The minimum Gasteiger partial charge on any atom is -0.383 e. The molecule has 0 bridgehead atoms. The van der Waals surface area contributed by atoms with Crippen molar-refractivity contribution < 1.29 is 13.9 Å². The number of thiophene rings is 1. The Balaban J connectivity index is 1.99. The van der Waals surface area contributed by atoms with Crippen LogP contribution in [0.15, 0.2) is 61.1 Å². The van der Waals surface area contributed by atoms with Gasteiger partial charge in [-0.05, 0) is 30.3 Å². The fourth-order valence-corrected chi connectivity index (χ4v) is 4.40. The molecule has 142 valence electrons. The highest BCUT2D eigenvalue weighted by atomic mass is 35.5. The summed E-state index contributed by atoms with van der Waals surface area (Å²) in [5.41, 5.74) is 2.73. The molecule has 3 aromatic heterocycles. The molecule has 0 saturated heterocycles. The fraction of sp³-hybridized carbons (Fsp3) is 0.0952. The highest BCUT2D eigenvalue weighted by Gasteiger charge is 2.26. The minimum absolute atomic E-state index is 0.340. The first-order chi connectivity index (χ1) is 13.4. The monoisotopic (exact) mass is 416 g/mol. The highest BCUT2D eigenvalue weighted by Crippen LogP contribution is 2.43. The largest absolute Gasteiger partial charge is 0.383 e. The van der Waals surface area contributed by atoms with Gasteiger partial charge in [-0.25, -0.2) is 8.78 Å².